The molecular formula is C29H30F2N2O. The van der Waals surface area contributed by atoms with Crippen molar-refractivity contribution in [2.24, 2.45) is 0 Å². The third kappa shape index (κ3) is 5.60. The molecule has 0 spiro atoms. The van der Waals surface area contributed by atoms with Gasteiger partial charge in [0.05, 0.1) is 0 Å². The lowest BCUT2D eigenvalue weighted by Crippen LogP contribution is -2.26. The molecule has 1 aromatic heterocycles. The van der Waals surface area contributed by atoms with Crippen LogP contribution in [0, 0.1) is 18.6 Å². The van der Waals surface area contributed by atoms with Gasteiger partial charge < -0.3 is 4.98 Å². The first-order chi connectivity index (χ1) is 16.1. The first-order valence-electron chi connectivity index (χ1n) is 11.5. The number of nitrogens with one attached hydrogen (secondary N) is 1. The molecule has 3 aromatic carbocycles. The monoisotopic (exact) mass is 460 g/mol. The Morgan fingerprint density at radius 1 is 0.794 bits per heavy atom. The van der Waals surface area contributed by atoms with Crippen LogP contribution in [0.5, 0.6) is 0 Å². The number of benzene rings is 3. The lowest BCUT2D eigenvalue weighted by Gasteiger charge is -2.24. The van der Waals surface area contributed by atoms with Crippen molar-refractivity contribution >= 4 is 10.9 Å². The molecule has 0 aliphatic carbocycles. The van der Waals surface area contributed by atoms with Crippen LogP contribution in [0.15, 0.2) is 71.5 Å². The van der Waals surface area contributed by atoms with Crippen LogP contribution in [0.4, 0.5) is 8.78 Å². The zero-order valence-corrected chi connectivity index (χ0v) is 20.1. The standard InChI is InChI=1S/C29H30F2N2O/c1-19-5-9-22-15-23(28(34)32-27(22)13-19)18-33(17-21-8-12-25(30)26(31)14-21)16-20-6-10-24(11-7-20)29(2,3)4/h5-15H,16-18H2,1-4H3,(H,32,34). The molecule has 0 amide bonds. The van der Waals surface area contributed by atoms with Crippen molar-refractivity contribution in [2.75, 3.05) is 0 Å². The number of hydrogen-bond donors (Lipinski definition) is 1. The third-order valence-electron chi connectivity index (χ3n) is 6.09. The minimum atomic E-state index is -0.870. The van der Waals surface area contributed by atoms with E-state index < -0.39 is 11.6 Å². The normalized spacial score (nSPS) is 12.0. The molecule has 0 fully saturated rings. The molecule has 0 saturated heterocycles. The molecule has 0 unspecified atom stereocenters. The van der Waals surface area contributed by atoms with E-state index in [1.54, 1.807) is 6.07 Å². The van der Waals surface area contributed by atoms with Crippen molar-refractivity contribution in [1.29, 1.82) is 0 Å². The zero-order chi connectivity index (χ0) is 24.5. The van der Waals surface area contributed by atoms with E-state index in [0.29, 0.717) is 30.8 Å². The van der Waals surface area contributed by atoms with Gasteiger partial charge in [-0.15, -0.1) is 0 Å². The summed E-state index contributed by atoms with van der Waals surface area (Å²) in [5.74, 6) is -1.74. The molecule has 34 heavy (non-hydrogen) atoms. The van der Waals surface area contributed by atoms with Gasteiger partial charge in [0.25, 0.3) is 5.56 Å². The number of halogens is 2. The highest BCUT2D eigenvalue weighted by molar-refractivity contribution is 5.79. The molecule has 5 heteroatoms. The largest absolute Gasteiger partial charge is 0.322 e. The SMILES string of the molecule is Cc1ccc2cc(CN(Cc3ccc(C(C)(C)C)cc3)Cc3ccc(F)c(F)c3)c(=O)[nH]c2c1. The van der Waals surface area contributed by atoms with Crippen molar-refractivity contribution in [1.82, 2.24) is 9.88 Å². The molecule has 0 aliphatic heterocycles. The quantitative estimate of drug-likeness (QED) is 0.351. The van der Waals surface area contributed by atoms with Crippen LogP contribution < -0.4 is 5.56 Å². The zero-order valence-electron chi connectivity index (χ0n) is 20.1. The molecule has 4 aromatic rings. The van der Waals surface area contributed by atoms with E-state index in [9.17, 15) is 13.6 Å². The summed E-state index contributed by atoms with van der Waals surface area (Å²) < 4.78 is 27.3. The van der Waals surface area contributed by atoms with Gasteiger partial charge in [-0.3, -0.25) is 9.69 Å². The molecule has 1 N–H and O–H groups in total. The Hall–Kier alpha value is -3.31. The predicted molar refractivity (Wildman–Crippen MR) is 134 cm³/mol. The first kappa shape index (κ1) is 23.8. The Bertz CT molecular complexity index is 1370. The molecule has 0 bridgehead atoms. The van der Waals surface area contributed by atoms with E-state index in [0.717, 1.165) is 28.1 Å². The van der Waals surface area contributed by atoms with Gasteiger partial charge in [0.1, 0.15) is 0 Å². The third-order valence-corrected chi connectivity index (χ3v) is 6.09. The molecule has 0 aliphatic rings. The predicted octanol–water partition coefficient (Wildman–Crippen LogP) is 6.61. The topological polar surface area (TPSA) is 36.1 Å². The molecule has 0 radical (unpaired) electrons. The van der Waals surface area contributed by atoms with Crippen molar-refractivity contribution in [3.63, 3.8) is 0 Å². The van der Waals surface area contributed by atoms with Crippen LogP contribution in [0.3, 0.4) is 0 Å². The molecule has 176 valence electrons. The van der Waals surface area contributed by atoms with Crippen molar-refractivity contribution < 1.29 is 8.78 Å². The average molecular weight is 461 g/mol. The highest BCUT2D eigenvalue weighted by Gasteiger charge is 2.16. The molecule has 0 saturated carbocycles. The van der Waals surface area contributed by atoms with E-state index in [4.69, 9.17) is 0 Å². The first-order valence-corrected chi connectivity index (χ1v) is 11.5. The second-order valence-corrected chi connectivity index (χ2v) is 10.1. The average Bonchev–Trinajstić information content (AvgIpc) is 2.77. The van der Waals surface area contributed by atoms with E-state index in [-0.39, 0.29) is 11.0 Å². The summed E-state index contributed by atoms with van der Waals surface area (Å²) in [6.45, 7) is 9.82. The van der Waals surface area contributed by atoms with Crippen LogP contribution in [-0.4, -0.2) is 9.88 Å². The van der Waals surface area contributed by atoms with Crippen LogP contribution in [0.1, 0.15) is 48.6 Å². The molecule has 1 heterocycles. The summed E-state index contributed by atoms with van der Waals surface area (Å²) in [7, 11) is 0. The highest BCUT2D eigenvalue weighted by atomic mass is 19.2. The van der Waals surface area contributed by atoms with Gasteiger partial charge >= 0.3 is 0 Å². The number of H-pyrrole nitrogens is 1. The van der Waals surface area contributed by atoms with Gasteiger partial charge in [0, 0.05) is 30.7 Å². The number of hydrogen-bond acceptors (Lipinski definition) is 2. The van der Waals surface area contributed by atoms with Crippen LogP contribution in [0.2, 0.25) is 0 Å². The number of fused-ring (bicyclic) bond motifs is 1. The summed E-state index contributed by atoms with van der Waals surface area (Å²) >= 11 is 0. The summed E-state index contributed by atoms with van der Waals surface area (Å²) in [5, 5.41) is 0.961. The second-order valence-electron chi connectivity index (χ2n) is 10.1. The van der Waals surface area contributed by atoms with Crippen molar-refractivity contribution in [3.8, 4) is 0 Å². The lowest BCUT2D eigenvalue weighted by molar-refractivity contribution is 0.246. The Balaban J connectivity index is 1.65. The lowest BCUT2D eigenvalue weighted by atomic mass is 9.87. The Morgan fingerprint density at radius 2 is 1.47 bits per heavy atom. The number of nitrogens with zero attached hydrogens (tertiary/aromatic N) is 1. The summed E-state index contributed by atoms with van der Waals surface area (Å²) in [6.07, 6.45) is 0. The summed E-state index contributed by atoms with van der Waals surface area (Å²) in [6, 6.07) is 20.2. The summed E-state index contributed by atoms with van der Waals surface area (Å²) in [5.41, 5.74) is 5.40. The Morgan fingerprint density at radius 3 is 2.15 bits per heavy atom. The Kier molecular flexibility index (Phi) is 6.67. The van der Waals surface area contributed by atoms with Gasteiger partial charge in [-0.2, -0.15) is 0 Å². The molecule has 4 rings (SSSR count). The van der Waals surface area contributed by atoms with Crippen LogP contribution in [0.25, 0.3) is 10.9 Å². The second kappa shape index (κ2) is 9.51. The molecular weight excluding hydrogens is 430 g/mol. The van der Waals surface area contributed by atoms with Crippen LogP contribution >= 0.6 is 0 Å². The van der Waals surface area contributed by atoms with E-state index >= 15 is 0 Å². The number of aryl methyl sites for hydroxylation is 1. The van der Waals surface area contributed by atoms with E-state index in [1.807, 2.05) is 31.2 Å². The fourth-order valence-corrected chi connectivity index (χ4v) is 4.15. The van der Waals surface area contributed by atoms with E-state index in [1.165, 1.54) is 11.6 Å². The number of aromatic amines is 1. The van der Waals surface area contributed by atoms with E-state index in [2.05, 4.69) is 54.9 Å². The highest BCUT2D eigenvalue weighted by Crippen LogP contribution is 2.23. The van der Waals surface area contributed by atoms with Gasteiger partial charge in [-0.1, -0.05) is 63.2 Å². The van der Waals surface area contributed by atoms with Crippen molar-refractivity contribution in [2.45, 2.75) is 52.7 Å². The maximum absolute atomic E-state index is 13.9. The van der Waals surface area contributed by atoms with Crippen LogP contribution in [-0.2, 0) is 25.0 Å². The van der Waals surface area contributed by atoms with Gasteiger partial charge in [-0.05, 0) is 64.2 Å². The molecule has 3 nitrogen and oxygen atoms in total. The number of pyridine rings is 1. The van der Waals surface area contributed by atoms with Gasteiger partial charge in [0.2, 0.25) is 0 Å². The maximum Gasteiger partial charge on any atom is 0.252 e. The Labute approximate surface area is 199 Å². The minimum absolute atomic E-state index is 0.0561. The van der Waals surface area contributed by atoms with Gasteiger partial charge in [0.15, 0.2) is 11.6 Å². The number of aromatic nitrogens is 1. The van der Waals surface area contributed by atoms with Gasteiger partial charge in [-0.25, -0.2) is 8.78 Å². The fourth-order valence-electron chi connectivity index (χ4n) is 4.15. The number of rotatable bonds is 6. The maximum atomic E-state index is 13.9. The fraction of sp³-hybridized carbons (Fsp3) is 0.276. The summed E-state index contributed by atoms with van der Waals surface area (Å²) in [4.78, 5) is 17.9. The minimum Gasteiger partial charge on any atom is -0.322 e. The molecule has 0 atom stereocenters. The van der Waals surface area contributed by atoms with Crippen molar-refractivity contribution in [3.05, 3.63) is 117 Å². The smallest absolute Gasteiger partial charge is 0.252 e.